The maximum Gasteiger partial charge on any atom is 0.287 e. The second kappa shape index (κ2) is 9.45. The molecular formula is C23H22N2O4S2. The summed E-state index contributed by atoms with van der Waals surface area (Å²) in [6.07, 6.45) is 0. The molecule has 160 valence electrons. The van der Waals surface area contributed by atoms with Crippen molar-refractivity contribution in [2.45, 2.75) is 23.6 Å². The summed E-state index contributed by atoms with van der Waals surface area (Å²) in [6.45, 7) is 2.31. The first-order valence-electron chi connectivity index (χ1n) is 9.63. The van der Waals surface area contributed by atoms with Gasteiger partial charge in [0.25, 0.3) is 5.91 Å². The van der Waals surface area contributed by atoms with Gasteiger partial charge in [0, 0.05) is 34.3 Å². The van der Waals surface area contributed by atoms with E-state index in [9.17, 15) is 4.79 Å². The number of rotatable bonds is 8. The third-order valence-electron chi connectivity index (χ3n) is 4.74. The maximum absolute atomic E-state index is 13.0. The molecule has 8 heteroatoms. The predicted molar refractivity (Wildman–Crippen MR) is 123 cm³/mol. The monoisotopic (exact) mass is 454 g/mol. The van der Waals surface area contributed by atoms with Gasteiger partial charge in [-0.3, -0.25) is 4.79 Å². The molecule has 2 aromatic heterocycles. The fourth-order valence-electron chi connectivity index (χ4n) is 3.21. The number of furan rings is 1. The van der Waals surface area contributed by atoms with Crippen LogP contribution in [0.15, 0.2) is 56.6 Å². The number of fused-ring (bicyclic) bond motifs is 1. The fraction of sp³-hybridized carbons (Fsp3) is 0.217. The SMILES string of the molecule is COc1ccc(CNC(=O)c2oc3ccccc3c2CSc2nc(C)cs2)cc1OC. The topological polar surface area (TPSA) is 73.6 Å². The van der Waals surface area contributed by atoms with Crippen LogP contribution in [0.2, 0.25) is 0 Å². The molecule has 0 fully saturated rings. The minimum Gasteiger partial charge on any atom is -0.493 e. The summed E-state index contributed by atoms with van der Waals surface area (Å²) in [5.41, 5.74) is 3.47. The number of carbonyl (C=O) groups excluding carboxylic acids is 1. The Morgan fingerprint density at radius 3 is 2.71 bits per heavy atom. The average Bonchev–Trinajstić information content (AvgIpc) is 3.38. The quantitative estimate of drug-likeness (QED) is 0.358. The summed E-state index contributed by atoms with van der Waals surface area (Å²) >= 11 is 3.21. The van der Waals surface area contributed by atoms with Crippen LogP contribution in [0.1, 0.15) is 27.4 Å². The van der Waals surface area contributed by atoms with Crippen LogP contribution < -0.4 is 14.8 Å². The van der Waals surface area contributed by atoms with Gasteiger partial charge in [-0.15, -0.1) is 11.3 Å². The Hall–Kier alpha value is -2.97. The van der Waals surface area contributed by atoms with E-state index in [0.29, 0.717) is 35.1 Å². The summed E-state index contributed by atoms with van der Waals surface area (Å²) in [4.78, 5) is 17.5. The largest absolute Gasteiger partial charge is 0.493 e. The Morgan fingerprint density at radius 1 is 1.16 bits per heavy atom. The van der Waals surface area contributed by atoms with Gasteiger partial charge >= 0.3 is 0 Å². The molecule has 2 heterocycles. The zero-order chi connectivity index (χ0) is 21.8. The van der Waals surface area contributed by atoms with Crippen LogP contribution in [-0.4, -0.2) is 25.1 Å². The van der Waals surface area contributed by atoms with E-state index in [2.05, 4.69) is 10.3 Å². The van der Waals surface area contributed by atoms with Crippen molar-refractivity contribution >= 4 is 40.0 Å². The number of ether oxygens (including phenoxy) is 2. The van der Waals surface area contributed by atoms with Crippen LogP contribution in [0, 0.1) is 6.92 Å². The van der Waals surface area contributed by atoms with Crippen LogP contribution >= 0.6 is 23.1 Å². The minimum atomic E-state index is -0.253. The Kier molecular flexibility index (Phi) is 6.48. The minimum absolute atomic E-state index is 0.253. The molecule has 0 aliphatic heterocycles. The molecule has 0 bridgehead atoms. The first-order valence-corrected chi connectivity index (χ1v) is 11.5. The van der Waals surface area contributed by atoms with Crippen molar-refractivity contribution in [1.29, 1.82) is 0 Å². The van der Waals surface area contributed by atoms with Gasteiger partial charge in [0.1, 0.15) is 9.92 Å². The molecule has 0 aliphatic carbocycles. The first-order chi connectivity index (χ1) is 15.1. The van der Waals surface area contributed by atoms with E-state index in [1.54, 1.807) is 37.3 Å². The number of methoxy groups -OCH3 is 2. The number of benzene rings is 2. The van der Waals surface area contributed by atoms with Crippen molar-refractivity contribution in [2.24, 2.45) is 0 Å². The molecule has 0 spiro atoms. The van der Waals surface area contributed by atoms with Crippen molar-refractivity contribution < 1.29 is 18.7 Å². The lowest BCUT2D eigenvalue weighted by Gasteiger charge is -2.10. The number of aryl methyl sites for hydroxylation is 1. The van der Waals surface area contributed by atoms with Gasteiger partial charge < -0.3 is 19.2 Å². The molecule has 1 amide bonds. The van der Waals surface area contributed by atoms with Gasteiger partial charge in [0.2, 0.25) is 0 Å². The van der Waals surface area contributed by atoms with Crippen LogP contribution in [0.5, 0.6) is 11.5 Å². The number of thiazole rings is 1. The second-order valence-electron chi connectivity index (χ2n) is 6.82. The fourth-order valence-corrected chi connectivity index (χ4v) is 5.09. The van der Waals surface area contributed by atoms with Crippen LogP contribution in [0.3, 0.4) is 0 Å². The van der Waals surface area contributed by atoms with Gasteiger partial charge in [-0.1, -0.05) is 36.0 Å². The van der Waals surface area contributed by atoms with Gasteiger partial charge in [-0.2, -0.15) is 0 Å². The van der Waals surface area contributed by atoms with Crippen LogP contribution in [0.4, 0.5) is 0 Å². The maximum atomic E-state index is 13.0. The van der Waals surface area contributed by atoms with Crippen molar-refractivity contribution in [3.8, 4) is 11.5 Å². The van der Waals surface area contributed by atoms with E-state index in [1.165, 1.54) is 0 Å². The van der Waals surface area contributed by atoms with Gasteiger partial charge in [-0.25, -0.2) is 4.98 Å². The second-order valence-corrected chi connectivity index (χ2v) is 8.90. The highest BCUT2D eigenvalue weighted by Gasteiger charge is 2.21. The van der Waals surface area contributed by atoms with E-state index >= 15 is 0 Å². The molecule has 0 atom stereocenters. The molecule has 1 N–H and O–H groups in total. The predicted octanol–water partition coefficient (Wildman–Crippen LogP) is 5.44. The summed E-state index contributed by atoms with van der Waals surface area (Å²) < 4.78 is 17.5. The third kappa shape index (κ3) is 4.70. The Labute approximate surface area is 188 Å². The zero-order valence-corrected chi connectivity index (χ0v) is 19.1. The Bertz CT molecular complexity index is 1220. The smallest absolute Gasteiger partial charge is 0.287 e. The third-order valence-corrected chi connectivity index (χ3v) is 6.91. The van der Waals surface area contributed by atoms with Crippen LogP contribution in [0.25, 0.3) is 11.0 Å². The number of nitrogens with one attached hydrogen (secondary N) is 1. The van der Waals surface area contributed by atoms with Gasteiger partial charge in [0.05, 0.1) is 14.2 Å². The lowest BCUT2D eigenvalue weighted by molar-refractivity contribution is 0.0924. The summed E-state index contributed by atoms with van der Waals surface area (Å²) in [5.74, 6) is 1.95. The van der Waals surface area contributed by atoms with Crippen LogP contribution in [-0.2, 0) is 12.3 Å². The molecule has 0 saturated heterocycles. The van der Waals surface area contributed by atoms with E-state index < -0.39 is 0 Å². The molecule has 0 saturated carbocycles. The molecular weight excluding hydrogens is 432 g/mol. The molecule has 4 aromatic rings. The summed E-state index contributed by atoms with van der Waals surface area (Å²) in [5, 5.41) is 5.92. The molecule has 4 rings (SSSR count). The number of carbonyl (C=O) groups is 1. The first kappa shape index (κ1) is 21.3. The number of aromatic nitrogens is 1. The van der Waals surface area contributed by atoms with Crippen molar-refractivity contribution in [3.63, 3.8) is 0 Å². The van der Waals surface area contributed by atoms with E-state index in [-0.39, 0.29) is 5.91 Å². The Morgan fingerprint density at radius 2 is 1.97 bits per heavy atom. The summed E-state index contributed by atoms with van der Waals surface area (Å²) in [6, 6.07) is 13.3. The number of hydrogen-bond donors (Lipinski definition) is 1. The lowest BCUT2D eigenvalue weighted by Crippen LogP contribution is -2.23. The number of thioether (sulfide) groups is 1. The molecule has 0 unspecified atom stereocenters. The normalized spacial score (nSPS) is 10.9. The van der Waals surface area contributed by atoms with Crippen molar-refractivity contribution in [1.82, 2.24) is 10.3 Å². The van der Waals surface area contributed by atoms with Gasteiger partial charge in [-0.05, 0) is 30.7 Å². The molecule has 0 radical (unpaired) electrons. The van der Waals surface area contributed by atoms with E-state index in [1.807, 2.05) is 54.8 Å². The lowest BCUT2D eigenvalue weighted by atomic mass is 10.1. The highest BCUT2D eigenvalue weighted by Crippen LogP contribution is 2.33. The van der Waals surface area contributed by atoms with Gasteiger partial charge in [0.15, 0.2) is 17.3 Å². The molecule has 2 aromatic carbocycles. The molecule has 6 nitrogen and oxygen atoms in total. The number of para-hydroxylation sites is 1. The van der Waals surface area contributed by atoms with E-state index in [0.717, 1.165) is 26.5 Å². The number of hydrogen-bond acceptors (Lipinski definition) is 7. The molecule has 0 aliphatic rings. The van der Waals surface area contributed by atoms with E-state index in [4.69, 9.17) is 13.9 Å². The zero-order valence-electron chi connectivity index (χ0n) is 17.4. The van der Waals surface area contributed by atoms with Crippen molar-refractivity contribution in [3.05, 3.63) is 70.4 Å². The van der Waals surface area contributed by atoms with Crippen molar-refractivity contribution in [2.75, 3.05) is 14.2 Å². The number of nitrogens with zero attached hydrogens (tertiary/aromatic N) is 1. The summed E-state index contributed by atoms with van der Waals surface area (Å²) in [7, 11) is 3.18. The highest BCUT2D eigenvalue weighted by molar-refractivity contribution is 8.00. The average molecular weight is 455 g/mol. The highest BCUT2D eigenvalue weighted by atomic mass is 32.2. The number of amides is 1. The Balaban J connectivity index is 1.54. The standard InChI is InChI=1S/C23H22N2O4S2/c1-14-12-30-23(25-14)31-13-17-16-6-4-5-7-18(16)29-21(17)22(26)24-11-15-8-9-19(27-2)20(10-15)28-3/h4-10,12H,11,13H2,1-3H3,(H,24,26). The molecule has 31 heavy (non-hydrogen) atoms.